The van der Waals surface area contributed by atoms with Gasteiger partial charge in [-0.15, -0.1) is 0 Å². The number of benzene rings is 1. The van der Waals surface area contributed by atoms with E-state index in [4.69, 9.17) is 5.73 Å². The van der Waals surface area contributed by atoms with E-state index in [9.17, 15) is 18.0 Å². The predicted molar refractivity (Wildman–Crippen MR) is 122 cm³/mol. The predicted octanol–water partition coefficient (Wildman–Crippen LogP) is 1.38. The lowest BCUT2D eigenvalue weighted by Gasteiger charge is -2.29. The van der Waals surface area contributed by atoms with Gasteiger partial charge in [-0.3, -0.25) is 14.6 Å². The Morgan fingerprint density at radius 3 is 2.59 bits per heavy atom. The third kappa shape index (κ3) is 4.79. The van der Waals surface area contributed by atoms with Crippen molar-refractivity contribution in [2.75, 3.05) is 29.9 Å². The molecule has 13 heteroatoms. The van der Waals surface area contributed by atoms with Gasteiger partial charge in [0.25, 0.3) is 5.56 Å². The van der Waals surface area contributed by atoms with Gasteiger partial charge >= 0.3 is 0 Å². The average Bonchev–Trinajstić information content (AvgIpc) is 3.16. The Labute approximate surface area is 188 Å². The number of fused-ring (bicyclic) bond motifs is 1. The van der Waals surface area contributed by atoms with Crippen LogP contribution in [0.15, 0.2) is 39.1 Å². The zero-order valence-corrected chi connectivity index (χ0v) is 18.9. The Bertz CT molecular complexity index is 1290. The quantitative estimate of drug-likeness (QED) is 0.386. The van der Waals surface area contributed by atoms with Gasteiger partial charge in [0.15, 0.2) is 16.3 Å². The standard InChI is InChI=1S/C19H23N7O4S2/c1-11-6-8-26(9-7-11)32(29,30)13-4-2-12(3-5-13)21-14(27)10-31-19-22-15-16(24-19)23-18(20)25-17(15)28/h2-5,11H,6-10H2,1H3,(H,21,27)(H4,20,22,23,24,25,28). The summed E-state index contributed by atoms with van der Waals surface area (Å²) in [7, 11) is -3.54. The van der Waals surface area contributed by atoms with E-state index in [1.165, 1.54) is 16.4 Å². The smallest absolute Gasteiger partial charge is 0.278 e. The molecule has 170 valence electrons. The Kier molecular flexibility index (Phi) is 6.22. The maximum Gasteiger partial charge on any atom is 0.278 e. The van der Waals surface area contributed by atoms with Crippen LogP contribution in [0.3, 0.4) is 0 Å². The lowest BCUT2D eigenvalue weighted by atomic mass is 10.0. The number of sulfonamides is 1. The highest BCUT2D eigenvalue weighted by molar-refractivity contribution is 7.99. The SMILES string of the molecule is CC1CCN(S(=O)(=O)c2ccc(NC(=O)CSc3nc4nc(N)[nH]c(=O)c4[nH]3)cc2)CC1. The van der Waals surface area contributed by atoms with Gasteiger partial charge in [0.1, 0.15) is 0 Å². The van der Waals surface area contributed by atoms with Crippen molar-refractivity contribution in [3.63, 3.8) is 0 Å². The number of rotatable bonds is 6. The number of imidazole rings is 1. The number of thioether (sulfide) groups is 1. The van der Waals surface area contributed by atoms with Gasteiger partial charge in [0.2, 0.25) is 21.9 Å². The number of hydrogen-bond donors (Lipinski definition) is 4. The van der Waals surface area contributed by atoms with Crippen molar-refractivity contribution in [3.05, 3.63) is 34.6 Å². The zero-order chi connectivity index (χ0) is 22.9. The molecule has 0 spiro atoms. The molecule has 0 bridgehead atoms. The summed E-state index contributed by atoms with van der Waals surface area (Å²) in [4.78, 5) is 37.6. The van der Waals surface area contributed by atoms with E-state index in [1.807, 2.05) is 0 Å². The molecule has 2 aromatic heterocycles. The number of aromatic nitrogens is 4. The van der Waals surface area contributed by atoms with Crippen LogP contribution in [0.25, 0.3) is 11.2 Å². The molecule has 5 N–H and O–H groups in total. The van der Waals surface area contributed by atoms with Crippen molar-refractivity contribution < 1.29 is 13.2 Å². The second-order valence-electron chi connectivity index (χ2n) is 7.64. The van der Waals surface area contributed by atoms with Crippen LogP contribution >= 0.6 is 11.8 Å². The first-order valence-corrected chi connectivity index (χ1v) is 12.4. The molecule has 0 aliphatic carbocycles. The first-order valence-electron chi connectivity index (χ1n) is 10.0. The monoisotopic (exact) mass is 477 g/mol. The van der Waals surface area contributed by atoms with Crippen LogP contribution in [-0.4, -0.2) is 57.4 Å². The Balaban J connectivity index is 1.36. The molecule has 1 aliphatic heterocycles. The molecule has 11 nitrogen and oxygen atoms in total. The third-order valence-electron chi connectivity index (χ3n) is 5.22. The molecule has 0 unspecified atom stereocenters. The number of hydrogen-bond acceptors (Lipinski definition) is 8. The Morgan fingerprint density at radius 2 is 1.91 bits per heavy atom. The van der Waals surface area contributed by atoms with Crippen molar-refractivity contribution in [2.24, 2.45) is 5.92 Å². The number of piperidine rings is 1. The fraction of sp³-hybridized carbons (Fsp3) is 0.368. The Morgan fingerprint density at radius 1 is 1.22 bits per heavy atom. The summed E-state index contributed by atoms with van der Waals surface area (Å²) in [5.41, 5.74) is 5.90. The van der Waals surface area contributed by atoms with Gasteiger partial charge in [0.05, 0.1) is 10.6 Å². The fourth-order valence-corrected chi connectivity index (χ4v) is 5.52. The van der Waals surface area contributed by atoms with Crippen LogP contribution in [-0.2, 0) is 14.8 Å². The maximum absolute atomic E-state index is 12.8. The van der Waals surface area contributed by atoms with Crippen LogP contribution in [0.5, 0.6) is 0 Å². The number of nitrogens with two attached hydrogens (primary N) is 1. The second-order valence-corrected chi connectivity index (χ2v) is 10.5. The molecule has 1 aliphatic rings. The van der Waals surface area contributed by atoms with E-state index in [-0.39, 0.29) is 33.7 Å². The molecule has 0 atom stereocenters. The molecular formula is C19H23N7O4S2. The largest absolute Gasteiger partial charge is 0.369 e. The number of carbonyl (C=O) groups is 1. The number of nitrogens with zero attached hydrogens (tertiary/aromatic N) is 3. The minimum Gasteiger partial charge on any atom is -0.369 e. The van der Waals surface area contributed by atoms with Crippen LogP contribution in [0.4, 0.5) is 11.6 Å². The summed E-state index contributed by atoms with van der Waals surface area (Å²) in [5.74, 6) is 0.215. The van der Waals surface area contributed by atoms with Gasteiger partial charge in [-0.05, 0) is 43.0 Å². The van der Waals surface area contributed by atoms with Gasteiger partial charge in [0, 0.05) is 18.8 Å². The fourth-order valence-electron chi connectivity index (χ4n) is 3.39. The maximum atomic E-state index is 12.8. The topological polar surface area (TPSA) is 167 Å². The highest BCUT2D eigenvalue weighted by Crippen LogP contribution is 2.24. The lowest BCUT2D eigenvalue weighted by Crippen LogP contribution is -2.37. The molecule has 3 aromatic rings. The highest BCUT2D eigenvalue weighted by Gasteiger charge is 2.27. The highest BCUT2D eigenvalue weighted by atomic mass is 32.2. The summed E-state index contributed by atoms with van der Waals surface area (Å²) in [6.45, 7) is 3.17. The lowest BCUT2D eigenvalue weighted by molar-refractivity contribution is -0.113. The van der Waals surface area contributed by atoms with E-state index >= 15 is 0 Å². The summed E-state index contributed by atoms with van der Waals surface area (Å²) >= 11 is 1.10. The summed E-state index contributed by atoms with van der Waals surface area (Å²) in [5, 5.41) is 3.07. The number of amides is 1. The van der Waals surface area contributed by atoms with Gasteiger partial charge in [-0.1, -0.05) is 18.7 Å². The second kappa shape index (κ2) is 8.92. The normalized spacial score (nSPS) is 15.8. The summed E-state index contributed by atoms with van der Waals surface area (Å²) in [6, 6.07) is 6.13. The van der Waals surface area contributed by atoms with Crippen molar-refractivity contribution >= 4 is 50.5 Å². The number of nitrogens with one attached hydrogen (secondary N) is 3. The Hall–Kier alpha value is -2.90. The molecule has 3 heterocycles. The van der Waals surface area contributed by atoms with Crippen LogP contribution < -0.4 is 16.6 Å². The van der Waals surface area contributed by atoms with Crippen molar-refractivity contribution in [1.29, 1.82) is 0 Å². The number of carbonyl (C=O) groups excluding carboxylic acids is 1. The van der Waals surface area contributed by atoms with Gasteiger partial charge in [-0.25, -0.2) is 13.4 Å². The minimum atomic E-state index is -3.54. The molecule has 32 heavy (non-hydrogen) atoms. The molecule has 1 aromatic carbocycles. The van der Waals surface area contributed by atoms with Crippen LogP contribution in [0.2, 0.25) is 0 Å². The van der Waals surface area contributed by atoms with Crippen LogP contribution in [0.1, 0.15) is 19.8 Å². The molecule has 4 rings (SSSR count). The number of nitrogen functional groups attached to an aromatic ring is 1. The number of aromatic amines is 2. The first-order chi connectivity index (χ1) is 15.2. The number of anilines is 2. The molecule has 0 saturated carbocycles. The van der Waals surface area contributed by atoms with Crippen molar-refractivity contribution in [1.82, 2.24) is 24.2 Å². The summed E-state index contributed by atoms with van der Waals surface area (Å²) < 4.78 is 27.1. The van der Waals surface area contributed by atoms with E-state index in [0.29, 0.717) is 29.9 Å². The third-order valence-corrected chi connectivity index (χ3v) is 8.00. The summed E-state index contributed by atoms with van der Waals surface area (Å²) in [6.07, 6.45) is 1.71. The zero-order valence-electron chi connectivity index (χ0n) is 17.3. The van der Waals surface area contributed by atoms with E-state index in [0.717, 1.165) is 24.6 Å². The van der Waals surface area contributed by atoms with Gasteiger partial charge in [-0.2, -0.15) is 9.29 Å². The van der Waals surface area contributed by atoms with Crippen molar-refractivity contribution in [2.45, 2.75) is 29.8 Å². The number of H-pyrrole nitrogens is 2. The molecular weight excluding hydrogens is 454 g/mol. The molecule has 1 fully saturated rings. The molecule has 1 amide bonds. The van der Waals surface area contributed by atoms with E-state index < -0.39 is 15.6 Å². The minimum absolute atomic E-state index is 0.0270. The van der Waals surface area contributed by atoms with Crippen LogP contribution in [0, 0.1) is 5.92 Å². The van der Waals surface area contributed by atoms with Crippen molar-refractivity contribution in [3.8, 4) is 0 Å². The van der Waals surface area contributed by atoms with E-state index in [2.05, 4.69) is 32.2 Å². The average molecular weight is 478 g/mol. The van der Waals surface area contributed by atoms with Gasteiger partial charge < -0.3 is 16.0 Å². The molecule has 0 radical (unpaired) electrons. The van der Waals surface area contributed by atoms with E-state index in [1.54, 1.807) is 12.1 Å². The first kappa shape index (κ1) is 22.3. The molecule has 1 saturated heterocycles.